The lowest BCUT2D eigenvalue weighted by Crippen LogP contribution is -2.16. The van der Waals surface area contributed by atoms with Gasteiger partial charge < -0.3 is 5.73 Å². The van der Waals surface area contributed by atoms with Crippen molar-refractivity contribution in [2.45, 2.75) is 6.54 Å². The van der Waals surface area contributed by atoms with Gasteiger partial charge in [-0.05, 0) is 59.6 Å². The molecule has 0 spiro atoms. The Morgan fingerprint density at radius 3 is 2.46 bits per heavy atom. The topological polar surface area (TPSA) is 55.0 Å². The summed E-state index contributed by atoms with van der Waals surface area (Å²) in [5.41, 5.74) is 11.9. The summed E-state index contributed by atoms with van der Waals surface area (Å²) in [6.07, 6.45) is 2.20. The summed E-state index contributed by atoms with van der Waals surface area (Å²) < 4.78 is 13.3. The molecule has 2 N–H and O–H groups in total. The molecule has 26 heavy (non-hydrogen) atoms. The van der Waals surface area contributed by atoms with Crippen molar-refractivity contribution in [2.24, 2.45) is 0 Å². The van der Waals surface area contributed by atoms with E-state index in [0.29, 0.717) is 5.82 Å². The molecule has 0 aliphatic carbocycles. The zero-order valence-corrected chi connectivity index (χ0v) is 14.5. The first-order chi connectivity index (χ1) is 12.6. The number of hydrogen-bond acceptors (Lipinski definition) is 4. The maximum absolute atomic E-state index is 13.3. The molecule has 1 aliphatic rings. The molecule has 1 aliphatic heterocycles. The number of anilines is 1. The van der Waals surface area contributed by atoms with E-state index >= 15 is 0 Å². The van der Waals surface area contributed by atoms with Crippen molar-refractivity contribution in [2.75, 3.05) is 19.3 Å². The van der Waals surface area contributed by atoms with E-state index in [-0.39, 0.29) is 5.82 Å². The van der Waals surface area contributed by atoms with Crippen LogP contribution in [0.5, 0.6) is 0 Å². The summed E-state index contributed by atoms with van der Waals surface area (Å²) in [5.74, 6) is 0.183. The summed E-state index contributed by atoms with van der Waals surface area (Å²) in [4.78, 5) is 2.24. The van der Waals surface area contributed by atoms with Crippen molar-refractivity contribution in [3.05, 3.63) is 83.2 Å². The highest BCUT2D eigenvalue weighted by Gasteiger charge is 2.17. The molecule has 2 heterocycles. The third-order valence-electron chi connectivity index (χ3n) is 4.58. The Kier molecular flexibility index (Phi) is 4.22. The zero-order chi connectivity index (χ0) is 18.1. The van der Waals surface area contributed by atoms with Gasteiger partial charge in [0.05, 0.1) is 5.69 Å². The number of likely N-dealkylation sites (N-methyl/N-ethyl adjacent to an activating group) is 1. The predicted molar refractivity (Wildman–Crippen MR) is 102 cm³/mol. The van der Waals surface area contributed by atoms with E-state index in [4.69, 9.17) is 5.73 Å². The van der Waals surface area contributed by atoms with Crippen LogP contribution in [0.4, 0.5) is 10.2 Å². The Balaban J connectivity index is 1.79. The quantitative estimate of drug-likeness (QED) is 0.768. The van der Waals surface area contributed by atoms with Crippen LogP contribution in [-0.4, -0.2) is 28.7 Å². The molecule has 0 bridgehead atoms. The van der Waals surface area contributed by atoms with Crippen molar-refractivity contribution in [1.29, 1.82) is 0 Å². The van der Waals surface area contributed by atoms with Crippen LogP contribution >= 0.6 is 0 Å². The van der Waals surface area contributed by atoms with Gasteiger partial charge in [-0.25, -0.2) is 4.39 Å². The third kappa shape index (κ3) is 3.21. The smallest absolute Gasteiger partial charge is 0.146 e. The molecule has 4 nitrogen and oxygen atoms in total. The molecule has 130 valence electrons. The monoisotopic (exact) mass is 346 g/mol. The number of nitrogens with two attached hydrogens (primary N) is 1. The molecule has 3 aromatic rings. The van der Waals surface area contributed by atoms with E-state index in [9.17, 15) is 4.39 Å². The first kappa shape index (κ1) is 16.4. The SMILES string of the molecule is CN1CC=C(c2ccc(F)cc2)c2ccc(-c3ccc(N)nn3)cc2C1. The minimum absolute atomic E-state index is 0.224. The van der Waals surface area contributed by atoms with E-state index in [1.54, 1.807) is 6.07 Å². The first-order valence-corrected chi connectivity index (χ1v) is 8.48. The molecule has 0 unspecified atom stereocenters. The summed E-state index contributed by atoms with van der Waals surface area (Å²) in [6.45, 7) is 1.66. The Morgan fingerprint density at radius 2 is 1.73 bits per heavy atom. The van der Waals surface area contributed by atoms with E-state index in [0.717, 1.165) is 41.0 Å². The Morgan fingerprint density at radius 1 is 0.962 bits per heavy atom. The number of hydrogen-bond donors (Lipinski definition) is 1. The second-order valence-electron chi connectivity index (χ2n) is 6.54. The fraction of sp³-hybridized carbons (Fsp3) is 0.143. The lowest BCUT2D eigenvalue weighted by atomic mass is 9.92. The van der Waals surface area contributed by atoms with Crippen LogP contribution in [0.15, 0.2) is 60.7 Å². The molecule has 0 amide bonds. The third-order valence-corrected chi connectivity index (χ3v) is 4.58. The highest BCUT2D eigenvalue weighted by atomic mass is 19.1. The van der Waals surface area contributed by atoms with E-state index in [2.05, 4.69) is 40.4 Å². The van der Waals surface area contributed by atoms with Crippen molar-refractivity contribution in [3.63, 3.8) is 0 Å². The number of fused-ring (bicyclic) bond motifs is 1. The van der Waals surface area contributed by atoms with E-state index in [1.807, 2.05) is 24.3 Å². The van der Waals surface area contributed by atoms with Crippen molar-refractivity contribution >= 4 is 11.4 Å². The second kappa shape index (κ2) is 6.69. The fourth-order valence-corrected chi connectivity index (χ4v) is 3.26. The van der Waals surface area contributed by atoms with Crippen LogP contribution in [0.2, 0.25) is 0 Å². The van der Waals surface area contributed by atoms with Crippen molar-refractivity contribution < 1.29 is 4.39 Å². The number of nitrogen functional groups attached to an aromatic ring is 1. The maximum Gasteiger partial charge on any atom is 0.146 e. The molecule has 1 aromatic heterocycles. The van der Waals surface area contributed by atoms with Crippen LogP contribution < -0.4 is 5.73 Å². The second-order valence-corrected chi connectivity index (χ2v) is 6.54. The summed E-state index contributed by atoms with van der Waals surface area (Å²) in [5, 5.41) is 8.12. The molecular formula is C21H19FN4. The molecule has 0 fully saturated rings. The molecule has 0 atom stereocenters. The standard InChI is InChI=1S/C21H19FN4/c1-26-11-10-19(14-2-5-17(22)6-3-14)18-7-4-15(12-16(18)13-26)20-8-9-21(23)25-24-20/h2-10,12H,11,13H2,1H3,(H2,23,25). The molecule has 5 heteroatoms. The van der Waals surface area contributed by atoms with Gasteiger partial charge in [-0.15, -0.1) is 10.2 Å². The van der Waals surface area contributed by atoms with Gasteiger partial charge in [0.25, 0.3) is 0 Å². The van der Waals surface area contributed by atoms with Gasteiger partial charge in [0.2, 0.25) is 0 Å². The number of halogens is 1. The average molecular weight is 346 g/mol. The highest BCUT2D eigenvalue weighted by molar-refractivity contribution is 5.83. The van der Waals surface area contributed by atoms with Gasteiger partial charge in [0.1, 0.15) is 11.6 Å². The lowest BCUT2D eigenvalue weighted by molar-refractivity contribution is 0.366. The molecule has 0 saturated heterocycles. The lowest BCUT2D eigenvalue weighted by Gasteiger charge is -2.15. The minimum Gasteiger partial charge on any atom is -0.382 e. The Bertz CT molecular complexity index is 962. The van der Waals surface area contributed by atoms with Crippen LogP contribution in [-0.2, 0) is 6.54 Å². The maximum atomic E-state index is 13.3. The molecule has 0 saturated carbocycles. The molecule has 2 aromatic carbocycles. The fourth-order valence-electron chi connectivity index (χ4n) is 3.26. The number of aromatic nitrogens is 2. The number of rotatable bonds is 2. The van der Waals surface area contributed by atoms with Crippen LogP contribution in [0, 0.1) is 5.82 Å². The number of benzene rings is 2. The first-order valence-electron chi connectivity index (χ1n) is 8.48. The predicted octanol–water partition coefficient (Wildman–Crippen LogP) is 3.74. The number of nitrogens with zero attached hydrogens (tertiary/aromatic N) is 3. The van der Waals surface area contributed by atoms with Crippen LogP contribution in [0.1, 0.15) is 16.7 Å². The van der Waals surface area contributed by atoms with Crippen LogP contribution in [0.25, 0.3) is 16.8 Å². The summed E-state index contributed by atoms with van der Waals surface area (Å²) in [7, 11) is 2.09. The largest absolute Gasteiger partial charge is 0.382 e. The van der Waals surface area contributed by atoms with E-state index < -0.39 is 0 Å². The van der Waals surface area contributed by atoms with Gasteiger partial charge in [0, 0.05) is 18.7 Å². The molecule has 0 radical (unpaired) electrons. The Hall–Kier alpha value is -3.05. The Labute approximate surface area is 151 Å². The summed E-state index contributed by atoms with van der Waals surface area (Å²) in [6, 6.07) is 16.6. The van der Waals surface area contributed by atoms with E-state index in [1.165, 1.54) is 17.7 Å². The minimum atomic E-state index is -0.224. The highest BCUT2D eigenvalue weighted by Crippen LogP contribution is 2.32. The zero-order valence-electron chi connectivity index (χ0n) is 14.5. The van der Waals surface area contributed by atoms with Gasteiger partial charge in [-0.1, -0.05) is 30.3 Å². The van der Waals surface area contributed by atoms with Gasteiger partial charge in [0.15, 0.2) is 0 Å². The molecule has 4 rings (SSSR count). The normalized spacial score (nSPS) is 14.5. The van der Waals surface area contributed by atoms with Crippen molar-refractivity contribution in [1.82, 2.24) is 15.1 Å². The van der Waals surface area contributed by atoms with Gasteiger partial charge in [-0.3, -0.25) is 4.90 Å². The van der Waals surface area contributed by atoms with Gasteiger partial charge in [-0.2, -0.15) is 0 Å². The summed E-state index contributed by atoms with van der Waals surface area (Å²) >= 11 is 0. The average Bonchev–Trinajstić information content (AvgIpc) is 2.81. The van der Waals surface area contributed by atoms with Crippen LogP contribution in [0.3, 0.4) is 0 Å². The molecular weight excluding hydrogens is 327 g/mol. The van der Waals surface area contributed by atoms with Gasteiger partial charge >= 0.3 is 0 Å². The van der Waals surface area contributed by atoms with Crippen molar-refractivity contribution in [3.8, 4) is 11.3 Å².